The first-order valence-electron chi connectivity index (χ1n) is 7.22. The monoisotopic (exact) mass is 304 g/mol. The summed E-state index contributed by atoms with van der Waals surface area (Å²) in [6.45, 7) is 4.67. The van der Waals surface area contributed by atoms with Crippen LogP contribution in [0.25, 0.3) is 0 Å². The molecule has 2 aliphatic heterocycles. The lowest BCUT2D eigenvalue weighted by molar-refractivity contribution is -0.0715. The molecule has 1 aromatic carbocycles. The van der Waals surface area contributed by atoms with Crippen molar-refractivity contribution in [3.05, 3.63) is 42.5 Å². The number of ether oxygens (including phenoxy) is 2. The predicted octanol–water partition coefficient (Wildman–Crippen LogP) is 2.26. The first-order chi connectivity index (χ1) is 10.7. The van der Waals surface area contributed by atoms with E-state index in [0.717, 1.165) is 11.3 Å². The molecule has 6 nitrogen and oxygen atoms in total. The van der Waals surface area contributed by atoms with Crippen molar-refractivity contribution in [3.63, 3.8) is 0 Å². The number of carbonyl (C=O) groups excluding carboxylic acids is 1. The molecular weight excluding hydrogens is 284 g/mol. The van der Waals surface area contributed by atoms with Crippen LogP contribution in [0, 0.1) is 0 Å². The van der Waals surface area contributed by atoms with Gasteiger partial charge in [-0.25, -0.2) is 9.86 Å². The summed E-state index contributed by atoms with van der Waals surface area (Å²) in [4.78, 5) is 19.3. The molecule has 0 bridgehead atoms. The van der Waals surface area contributed by atoms with Gasteiger partial charge in [0.05, 0.1) is 26.5 Å². The van der Waals surface area contributed by atoms with Crippen LogP contribution >= 0.6 is 0 Å². The van der Waals surface area contributed by atoms with Crippen LogP contribution in [-0.4, -0.2) is 44.5 Å². The molecule has 0 N–H and O–H groups in total. The molecule has 1 saturated heterocycles. The second-order valence-electron chi connectivity index (χ2n) is 5.30. The van der Waals surface area contributed by atoms with Gasteiger partial charge in [-0.15, -0.1) is 6.58 Å². The van der Waals surface area contributed by atoms with Crippen LogP contribution in [0.1, 0.15) is 12.0 Å². The van der Waals surface area contributed by atoms with Crippen molar-refractivity contribution in [2.75, 3.05) is 32.4 Å². The third kappa shape index (κ3) is 1.91. The number of hydrogen-bond donors (Lipinski definition) is 0. The summed E-state index contributed by atoms with van der Waals surface area (Å²) in [5.74, 6) is 0. The Kier molecular flexibility index (Phi) is 3.80. The normalized spacial score (nSPS) is 25.8. The third-order valence-electron chi connectivity index (χ3n) is 4.32. The second-order valence-corrected chi connectivity index (χ2v) is 5.30. The summed E-state index contributed by atoms with van der Waals surface area (Å²) < 4.78 is 11.1. The number of rotatable bonds is 4. The van der Waals surface area contributed by atoms with Crippen molar-refractivity contribution in [1.29, 1.82) is 0 Å². The van der Waals surface area contributed by atoms with Gasteiger partial charge in [-0.05, 0) is 6.07 Å². The van der Waals surface area contributed by atoms with Gasteiger partial charge in [-0.2, -0.15) is 0 Å². The molecule has 6 heteroatoms. The average Bonchev–Trinajstić information content (AvgIpc) is 3.05. The maximum absolute atomic E-state index is 12.1. The van der Waals surface area contributed by atoms with Crippen molar-refractivity contribution >= 4 is 11.8 Å². The molecule has 1 amide bonds. The average molecular weight is 304 g/mol. The van der Waals surface area contributed by atoms with Crippen molar-refractivity contribution in [3.8, 4) is 0 Å². The molecular formula is C16H20N2O4. The fraction of sp³-hybridized carbons (Fsp3) is 0.438. The Morgan fingerprint density at radius 1 is 1.45 bits per heavy atom. The van der Waals surface area contributed by atoms with E-state index in [9.17, 15) is 4.79 Å². The van der Waals surface area contributed by atoms with E-state index in [0.29, 0.717) is 19.6 Å². The minimum Gasteiger partial charge on any atom is -0.453 e. The molecule has 22 heavy (non-hydrogen) atoms. The van der Waals surface area contributed by atoms with Crippen molar-refractivity contribution in [1.82, 2.24) is 4.90 Å². The van der Waals surface area contributed by atoms with E-state index in [-0.39, 0.29) is 12.3 Å². The Hall–Kier alpha value is -2.05. The molecule has 2 atom stereocenters. The highest BCUT2D eigenvalue weighted by Gasteiger charge is 2.60. The number of nitrogens with zero attached hydrogens (tertiary/aromatic N) is 2. The van der Waals surface area contributed by atoms with Crippen LogP contribution < -0.4 is 5.06 Å². The maximum atomic E-state index is 12.1. The summed E-state index contributed by atoms with van der Waals surface area (Å²) in [6, 6.07) is 7.89. The van der Waals surface area contributed by atoms with Crippen molar-refractivity contribution < 1.29 is 19.1 Å². The van der Waals surface area contributed by atoms with Crippen LogP contribution in [0.2, 0.25) is 0 Å². The SMILES string of the molecule is C=CCO[C@@]12CCN(C(=O)OC)[C@@H]1N(OC)c1ccccc12. The van der Waals surface area contributed by atoms with E-state index in [4.69, 9.17) is 14.3 Å². The van der Waals surface area contributed by atoms with Gasteiger partial charge in [-0.1, -0.05) is 24.3 Å². The fourth-order valence-electron chi connectivity index (χ4n) is 3.47. The van der Waals surface area contributed by atoms with Crippen LogP contribution in [0.15, 0.2) is 36.9 Å². The Bertz CT molecular complexity index is 591. The second kappa shape index (κ2) is 5.62. The quantitative estimate of drug-likeness (QED) is 0.799. The third-order valence-corrected chi connectivity index (χ3v) is 4.32. The smallest absolute Gasteiger partial charge is 0.411 e. The van der Waals surface area contributed by atoms with Gasteiger partial charge in [0.1, 0.15) is 5.60 Å². The number of carbonyl (C=O) groups is 1. The Balaban J connectivity index is 2.10. The van der Waals surface area contributed by atoms with Crippen LogP contribution in [0.5, 0.6) is 0 Å². The number of fused-ring (bicyclic) bond motifs is 3. The molecule has 3 rings (SSSR count). The highest BCUT2D eigenvalue weighted by molar-refractivity contribution is 5.72. The number of para-hydroxylation sites is 1. The standard InChI is InChI=1S/C16H20N2O4/c1-4-11-22-16-9-10-17(15(19)20-2)14(16)18(21-3)13-8-6-5-7-12(13)16/h4-8,14H,1,9-11H2,2-3H3/t14-,16-/m1/s1. The molecule has 0 saturated carbocycles. The molecule has 0 unspecified atom stereocenters. The van der Waals surface area contributed by atoms with E-state index < -0.39 is 5.60 Å². The van der Waals surface area contributed by atoms with E-state index in [1.54, 1.807) is 23.1 Å². The Morgan fingerprint density at radius 3 is 2.91 bits per heavy atom. The summed E-state index contributed by atoms with van der Waals surface area (Å²) in [7, 11) is 2.97. The summed E-state index contributed by atoms with van der Waals surface area (Å²) >= 11 is 0. The fourth-order valence-corrected chi connectivity index (χ4v) is 3.47. The molecule has 0 aliphatic carbocycles. The number of amides is 1. The molecule has 0 aromatic heterocycles. The summed E-state index contributed by atoms with van der Waals surface area (Å²) in [6.07, 6.45) is 1.62. The van der Waals surface area contributed by atoms with Gasteiger partial charge < -0.3 is 9.47 Å². The number of hydrogen-bond acceptors (Lipinski definition) is 5. The van der Waals surface area contributed by atoms with Gasteiger partial charge >= 0.3 is 6.09 Å². The van der Waals surface area contributed by atoms with Crippen LogP contribution in [0.3, 0.4) is 0 Å². The molecule has 1 aromatic rings. The zero-order valence-electron chi connectivity index (χ0n) is 12.8. The van der Waals surface area contributed by atoms with Crippen LogP contribution in [-0.2, 0) is 19.9 Å². The van der Waals surface area contributed by atoms with Gasteiger partial charge in [0.2, 0.25) is 0 Å². The zero-order chi connectivity index (χ0) is 15.7. The largest absolute Gasteiger partial charge is 0.453 e. The van der Waals surface area contributed by atoms with Crippen molar-refractivity contribution in [2.45, 2.75) is 18.2 Å². The van der Waals surface area contributed by atoms with Crippen LogP contribution in [0.4, 0.5) is 10.5 Å². The first kappa shape index (κ1) is 14.9. The summed E-state index contributed by atoms with van der Waals surface area (Å²) in [5, 5.41) is 1.72. The topological polar surface area (TPSA) is 51.2 Å². The lowest BCUT2D eigenvalue weighted by Gasteiger charge is -2.35. The highest BCUT2D eigenvalue weighted by Crippen LogP contribution is 2.52. The van der Waals surface area contributed by atoms with Gasteiger partial charge in [0.15, 0.2) is 6.17 Å². The maximum Gasteiger partial charge on any atom is 0.411 e. The number of methoxy groups -OCH3 is 1. The minimum absolute atomic E-state index is 0.385. The minimum atomic E-state index is -0.630. The van der Waals surface area contributed by atoms with Gasteiger partial charge in [0, 0.05) is 18.5 Å². The molecule has 1 fully saturated rings. The zero-order valence-corrected chi connectivity index (χ0v) is 12.8. The molecule has 118 valence electrons. The predicted molar refractivity (Wildman–Crippen MR) is 81.3 cm³/mol. The number of likely N-dealkylation sites (tertiary alicyclic amines) is 1. The van der Waals surface area contributed by atoms with Gasteiger partial charge in [-0.3, -0.25) is 9.74 Å². The van der Waals surface area contributed by atoms with E-state index in [2.05, 4.69) is 6.58 Å². The van der Waals surface area contributed by atoms with Gasteiger partial charge in [0.25, 0.3) is 0 Å². The van der Waals surface area contributed by atoms with E-state index in [1.165, 1.54) is 7.11 Å². The lowest BCUT2D eigenvalue weighted by Crippen LogP contribution is -2.52. The number of benzene rings is 1. The molecule has 0 radical (unpaired) electrons. The number of anilines is 1. The van der Waals surface area contributed by atoms with E-state index in [1.807, 2.05) is 24.3 Å². The Morgan fingerprint density at radius 2 is 2.23 bits per heavy atom. The molecule has 2 heterocycles. The lowest BCUT2D eigenvalue weighted by atomic mass is 9.92. The van der Waals surface area contributed by atoms with E-state index >= 15 is 0 Å². The molecule has 2 aliphatic rings. The highest BCUT2D eigenvalue weighted by atomic mass is 16.7. The summed E-state index contributed by atoms with van der Waals surface area (Å²) in [5.41, 5.74) is 1.30. The first-order valence-corrected chi connectivity index (χ1v) is 7.22. The van der Waals surface area contributed by atoms with Crippen molar-refractivity contribution in [2.24, 2.45) is 0 Å². The Labute approximate surface area is 129 Å². The number of hydroxylamine groups is 1. The molecule has 0 spiro atoms.